The normalized spacial score (nSPS) is 14.8. The summed E-state index contributed by atoms with van der Waals surface area (Å²) >= 11 is 0. The van der Waals surface area contributed by atoms with Crippen molar-refractivity contribution < 1.29 is 9.34 Å². The predicted octanol–water partition coefficient (Wildman–Crippen LogP) is 3.00. The SMILES string of the molecule is O=[N+]([O-])c1ccc(-c2ncco2)c2[nH]c(C3CC3)nc12. The smallest absolute Gasteiger partial charge is 0.297 e. The summed E-state index contributed by atoms with van der Waals surface area (Å²) in [6.45, 7) is 0. The zero-order chi connectivity index (χ0) is 13.7. The van der Waals surface area contributed by atoms with Gasteiger partial charge in [-0.1, -0.05) is 0 Å². The molecule has 3 aromatic rings. The highest BCUT2D eigenvalue weighted by Gasteiger charge is 2.29. The number of hydrogen-bond acceptors (Lipinski definition) is 5. The van der Waals surface area contributed by atoms with Gasteiger partial charge in [0.15, 0.2) is 5.52 Å². The van der Waals surface area contributed by atoms with Gasteiger partial charge in [-0.15, -0.1) is 0 Å². The number of hydrogen-bond donors (Lipinski definition) is 1. The Balaban J connectivity index is 2.01. The number of oxazole rings is 1. The van der Waals surface area contributed by atoms with Crippen LogP contribution in [0.25, 0.3) is 22.5 Å². The van der Waals surface area contributed by atoms with Gasteiger partial charge in [-0.3, -0.25) is 10.1 Å². The number of nitrogens with zero attached hydrogens (tertiary/aromatic N) is 3. The molecule has 0 bridgehead atoms. The minimum atomic E-state index is -0.417. The molecule has 2 aromatic heterocycles. The lowest BCUT2D eigenvalue weighted by molar-refractivity contribution is -0.383. The first-order chi connectivity index (χ1) is 9.74. The number of H-pyrrole nitrogens is 1. The Kier molecular flexibility index (Phi) is 2.17. The molecule has 0 spiro atoms. The minimum absolute atomic E-state index is 0.00143. The maximum Gasteiger partial charge on any atom is 0.297 e. The Hall–Kier alpha value is -2.70. The van der Waals surface area contributed by atoms with Gasteiger partial charge in [0.2, 0.25) is 5.89 Å². The van der Waals surface area contributed by atoms with Crippen LogP contribution in [0.5, 0.6) is 0 Å². The zero-order valence-corrected chi connectivity index (χ0v) is 10.4. The van der Waals surface area contributed by atoms with Gasteiger partial charge in [-0.2, -0.15) is 0 Å². The van der Waals surface area contributed by atoms with Crippen LogP contribution in [-0.2, 0) is 0 Å². The molecular formula is C13H10N4O3. The molecule has 0 atom stereocenters. The quantitative estimate of drug-likeness (QED) is 0.582. The number of imidazole rings is 1. The molecule has 4 rings (SSSR count). The topological polar surface area (TPSA) is 97.9 Å². The van der Waals surface area contributed by atoms with Crippen molar-refractivity contribution >= 4 is 16.7 Å². The molecule has 0 saturated heterocycles. The highest BCUT2D eigenvalue weighted by molar-refractivity contribution is 5.95. The number of nitro benzene ring substituents is 1. The molecule has 7 heteroatoms. The molecule has 0 aliphatic heterocycles. The second-order valence-electron chi connectivity index (χ2n) is 4.85. The van der Waals surface area contributed by atoms with Crippen LogP contribution in [0.15, 0.2) is 29.0 Å². The van der Waals surface area contributed by atoms with Crippen LogP contribution >= 0.6 is 0 Å². The summed E-state index contributed by atoms with van der Waals surface area (Å²) in [5, 5.41) is 11.1. The van der Waals surface area contributed by atoms with Crippen LogP contribution in [0.1, 0.15) is 24.6 Å². The van der Waals surface area contributed by atoms with Crippen molar-refractivity contribution in [3.8, 4) is 11.5 Å². The summed E-state index contributed by atoms with van der Waals surface area (Å²) in [6, 6.07) is 3.08. The average Bonchev–Trinajstić information content (AvgIpc) is 2.98. The lowest BCUT2D eigenvalue weighted by Crippen LogP contribution is -1.90. The van der Waals surface area contributed by atoms with Crippen LogP contribution < -0.4 is 0 Å². The summed E-state index contributed by atoms with van der Waals surface area (Å²) in [5.41, 5.74) is 1.67. The van der Waals surface area contributed by atoms with E-state index in [1.807, 2.05) is 0 Å². The van der Waals surface area contributed by atoms with E-state index in [0.29, 0.717) is 28.4 Å². The number of non-ortho nitro benzene ring substituents is 1. The third-order valence-electron chi connectivity index (χ3n) is 3.47. The van der Waals surface area contributed by atoms with Crippen molar-refractivity contribution in [1.82, 2.24) is 15.0 Å². The van der Waals surface area contributed by atoms with Crippen LogP contribution in [0.3, 0.4) is 0 Å². The molecule has 20 heavy (non-hydrogen) atoms. The van der Waals surface area contributed by atoms with Gasteiger partial charge in [-0.05, 0) is 18.9 Å². The number of fused-ring (bicyclic) bond motifs is 1. The molecule has 0 radical (unpaired) electrons. The third kappa shape index (κ3) is 1.59. The molecule has 1 saturated carbocycles. The molecule has 100 valence electrons. The number of nitro groups is 1. The van der Waals surface area contributed by atoms with Gasteiger partial charge in [0.25, 0.3) is 5.69 Å². The van der Waals surface area contributed by atoms with Crippen molar-refractivity contribution in [2.24, 2.45) is 0 Å². The van der Waals surface area contributed by atoms with E-state index < -0.39 is 4.92 Å². The molecule has 0 amide bonds. The van der Waals surface area contributed by atoms with Crippen molar-refractivity contribution in [3.05, 3.63) is 40.5 Å². The molecule has 1 aromatic carbocycles. The lowest BCUT2D eigenvalue weighted by Gasteiger charge is -1.98. The largest absolute Gasteiger partial charge is 0.444 e. The van der Waals surface area contributed by atoms with Gasteiger partial charge >= 0.3 is 0 Å². The number of aromatic amines is 1. The van der Waals surface area contributed by atoms with Gasteiger partial charge < -0.3 is 9.40 Å². The maximum absolute atomic E-state index is 11.1. The van der Waals surface area contributed by atoms with E-state index in [9.17, 15) is 10.1 Å². The number of nitrogens with one attached hydrogen (secondary N) is 1. The minimum Gasteiger partial charge on any atom is -0.444 e. The molecule has 7 nitrogen and oxygen atoms in total. The summed E-state index contributed by atoms with van der Waals surface area (Å²) in [5.74, 6) is 1.62. The van der Waals surface area contributed by atoms with Crippen molar-refractivity contribution in [2.75, 3.05) is 0 Å². The predicted molar refractivity (Wildman–Crippen MR) is 70.2 cm³/mol. The highest BCUT2D eigenvalue weighted by Crippen LogP contribution is 2.41. The van der Waals surface area contributed by atoms with Crippen molar-refractivity contribution in [1.29, 1.82) is 0 Å². The van der Waals surface area contributed by atoms with E-state index in [2.05, 4.69) is 15.0 Å². The molecule has 1 aliphatic rings. The molecular weight excluding hydrogens is 260 g/mol. The van der Waals surface area contributed by atoms with Crippen molar-refractivity contribution in [2.45, 2.75) is 18.8 Å². The van der Waals surface area contributed by atoms with Gasteiger partial charge in [0, 0.05) is 12.0 Å². The molecule has 2 heterocycles. The summed E-state index contributed by atoms with van der Waals surface area (Å²) in [7, 11) is 0. The van der Waals surface area contributed by atoms with E-state index in [1.165, 1.54) is 12.3 Å². The van der Waals surface area contributed by atoms with Crippen LogP contribution in [0.4, 0.5) is 5.69 Å². The zero-order valence-electron chi connectivity index (χ0n) is 10.4. The van der Waals surface area contributed by atoms with Gasteiger partial charge in [-0.25, -0.2) is 9.97 Å². The first kappa shape index (κ1) is 11.2. The second kappa shape index (κ2) is 3.89. The van der Waals surface area contributed by atoms with E-state index in [-0.39, 0.29) is 5.69 Å². The summed E-state index contributed by atoms with van der Waals surface area (Å²) in [4.78, 5) is 22.4. The second-order valence-corrected chi connectivity index (χ2v) is 4.85. The number of benzene rings is 1. The standard InChI is InChI=1S/C13H10N4O3/c18-17(19)9-4-3-8(13-14-5-6-20-13)10-11(9)16-12(15-10)7-1-2-7/h3-7H,1-2H2,(H,15,16). The Morgan fingerprint density at radius 3 is 2.90 bits per heavy atom. The number of rotatable bonds is 3. The Morgan fingerprint density at radius 1 is 1.40 bits per heavy atom. The van der Waals surface area contributed by atoms with Crippen LogP contribution in [0, 0.1) is 10.1 Å². The maximum atomic E-state index is 11.1. The monoisotopic (exact) mass is 270 g/mol. The molecule has 1 fully saturated rings. The van der Waals surface area contributed by atoms with Gasteiger partial charge in [0.1, 0.15) is 12.1 Å². The van der Waals surface area contributed by atoms with Crippen molar-refractivity contribution in [3.63, 3.8) is 0 Å². The lowest BCUT2D eigenvalue weighted by atomic mass is 10.1. The number of aromatic nitrogens is 3. The summed E-state index contributed by atoms with van der Waals surface area (Å²) in [6.07, 6.45) is 5.16. The van der Waals surface area contributed by atoms with Crippen LogP contribution in [0.2, 0.25) is 0 Å². The molecule has 1 aliphatic carbocycles. The Labute approximate surface area is 112 Å². The van der Waals surface area contributed by atoms with Crippen LogP contribution in [-0.4, -0.2) is 19.9 Å². The molecule has 0 unspecified atom stereocenters. The average molecular weight is 270 g/mol. The first-order valence-corrected chi connectivity index (χ1v) is 6.31. The van der Waals surface area contributed by atoms with E-state index >= 15 is 0 Å². The Morgan fingerprint density at radius 2 is 2.25 bits per heavy atom. The fraction of sp³-hybridized carbons (Fsp3) is 0.231. The fourth-order valence-electron chi connectivity index (χ4n) is 2.33. The van der Waals surface area contributed by atoms with E-state index in [1.54, 1.807) is 12.3 Å². The van der Waals surface area contributed by atoms with Gasteiger partial charge in [0.05, 0.1) is 22.2 Å². The molecule has 1 N–H and O–H groups in total. The van der Waals surface area contributed by atoms with E-state index in [4.69, 9.17) is 4.42 Å². The van der Waals surface area contributed by atoms with E-state index in [0.717, 1.165) is 18.7 Å². The fourth-order valence-corrected chi connectivity index (χ4v) is 2.33. The first-order valence-electron chi connectivity index (χ1n) is 6.31. The highest BCUT2D eigenvalue weighted by atomic mass is 16.6. The third-order valence-corrected chi connectivity index (χ3v) is 3.47. The summed E-state index contributed by atoms with van der Waals surface area (Å²) < 4.78 is 5.28. The Bertz CT molecular complexity index is 803.